The Balaban J connectivity index is 1.10. The number of ether oxygens (including phenoxy) is 3. The van der Waals surface area contributed by atoms with Crippen molar-refractivity contribution in [3.05, 3.63) is 47.8 Å². The van der Waals surface area contributed by atoms with Crippen LogP contribution in [0.4, 0.5) is 5.69 Å². The molecule has 17 nitrogen and oxygen atoms in total. The van der Waals surface area contributed by atoms with Crippen molar-refractivity contribution in [1.82, 2.24) is 40.0 Å². The summed E-state index contributed by atoms with van der Waals surface area (Å²) >= 11 is 0. The Hall–Kier alpha value is -5.54. The number of cyclic esters (lactones) is 1. The fourth-order valence-electron chi connectivity index (χ4n) is 11.3. The average Bonchev–Trinajstić information content (AvgIpc) is 4.03. The number of fused-ring (bicyclic) bond motifs is 6. The first kappa shape index (κ1) is 52.8. The Labute approximate surface area is 425 Å². The van der Waals surface area contributed by atoms with Crippen LogP contribution in [-0.2, 0) is 51.1 Å². The molecule has 72 heavy (non-hydrogen) atoms. The van der Waals surface area contributed by atoms with E-state index in [9.17, 15) is 24.0 Å². The fourth-order valence-corrected chi connectivity index (χ4v) is 11.3. The molecular formula is C55H77N9O8. The predicted molar refractivity (Wildman–Crippen MR) is 275 cm³/mol. The minimum atomic E-state index is -1.06. The summed E-state index contributed by atoms with van der Waals surface area (Å²) in [5, 5.41) is 5.67. The van der Waals surface area contributed by atoms with Crippen molar-refractivity contribution >= 4 is 46.2 Å². The van der Waals surface area contributed by atoms with E-state index in [2.05, 4.69) is 77.1 Å². The zero-order valence-electron chi connectivity index (χ0n) is 44.4. The van der Waals surface area contributed by atoms with Crippen molar-refractivity contribution in [2.24, 2.45) is 16.7 Å². The van der Waals surface area contributed by atoms with Crippen LogP contribution >= 0.6 is 0 Å². The normalized spacial score (nSPS) is 24.9. The van der Waals surface area contributed by atoms with Crippen molar-refractivity contribution < 1.29 is 38.2 Å². The van der Waals surface area contributed by atoms with Crippen LogP contribution in [0, 0.1) is 28.6 Å². The van der Waals surface area contributed by atoms with Crippen LogP contribution in [0.5, 0.6) is 0 Å². The molecule has 390 valence electrons. The van der Waals surface area contributed by atoms with Crippen LogP contribution in [-0.4, -0.2) is 162 Å². The van der Waals surface area contributed by atoms with Crippen LogP contribution in [0.3, 0.4) is 0 Å². The van der Waals surface area contributed by atoms with E-state index in [4.69, 9.17) is 19.2 Å². The lowest BCUT2D eigenvalue weighted by Crippen LogP contribution is -2.62. The van der Waals surface area contributed by atoms with E-state index in [0.717, 1.165) is 39.1 Å². The molecule has 3 aromatic rings. The summed E-state index contributed by atoms with van der Waals surface area (Å²) in [4.78, 5) is 84.0. The molecule has 2 N–H and O–H groups in total. The van der Waals surface area contributed by atoms with E-state index >= 15 is 0 Å². The number of anilines is 1. The first-order valence-electron chi connectivity index (χ1n) is 26.0. The van der Waals surface area contributed by atoms with E-state index < -0.39 is 58.4 Å². The maximum Gasteiger partial charge on any atom is 0.324 e. The van der Waals surface area contributed by atoms with Gasteiger partial charge in [-0.2, -0.15) is 0 Å². The molecule has 5 aliphatic heterocycles. The van der Waals surface area contributed by atoms with Gasteiger partial charge in [0, 0.05) is 93.1 Å². The van der Waals surface area contributed by atoms with Gasteiger partial charge in [0.05, 0.1) is 47.8 Å². The van der Waals surface area contributed by atoms with Crippen molar-refractivity contribution in [3.63, 3.8) is 0 Å². The molecule has 2 aromatic heterocycles. The van der Waals surface area contributed by atoms with Gasteiger partial charge in [-0.25, -0.2) is 5.43 Å². The number of likely N-dealkylation sites (tertiary alicyclic amines) is 2. The number of nitrogens with zero attached hydrogens (tertiary/aromatic N) is 7. The van der Waals surface area contributed by atoms with Gasteiger partial charge >= 0.3 is 5.97 Å². The number of hydrazine groups is 1. The lowest BCUT2D eigenvalue weighted by Gasteiger charge is -2.39. The summed E-state index contributed by atoms with van der Waals surface area (Å²) in [5.74, 6) is 3.83. The summed E-state index contributed by atoms with van der Waals surface area (Å²) in [7, 11) is 5.52. The van der Waals surface area contributed by atoms with Gasteiger partial charge in [-0.3, -0.25) is 38.9 Å². The van der Waals surface area contributed by atoms with E-state index in [1.54, 1.807) is 23.1 Å². The molecule has 8 rings (SSSR count). The van der Waals surface area contributed by atoms with E-state index in [-0.39, 0.29) is 43.4 Å². The minimum Gasteiger partial charge on any atom is -0.464 e. The molecule has 1 aromatic carbocycles. The number of methoxy groups -OCH3 is 1. The molecule has 6 bridgehead atoms. The predicted octanol–water partition coefficient (Wildman–Crippen LogP) is 4.95. The van der Waals surface area contributed by atoms with Crippen LogP contribution < -0.4 is 15.6 Å². The Morgan fingerprint density at radius 2 is 1.83 bits per heavy atom. The molecular weight excluding hydrogens is 915 g/mol. The highest BCUT2D eigenvalue weighted by atomic mass is 16.5. The number of carbonyl (C=O) groups excluding carboxylic acids is 5. The second-order valence-corrected chi connectivity index (χ2v) is 22.5. The number of pyridine rings is 1. The smallest absolute Gasteiger partial charge is 0.324 e. The maximum absolute atomic E-state index is 14.9. The minimum absolute atomic E-state index is 0.138. The standard InChI is InChI=1S/C55H77N9O8/c1-12-62-44-18-17-37-29-40(44)41(48(62)39-15-13-23-56-46(39)36(4)70-11)31-53(5,6)34-72-51(68)42-16-14-24-64(58-42)50(67)43(30-38-32-60(37)27-28-71-38)57-49(66)47(35(2)3)63-26-22-55(52(63)69)21-25-61(33-55)45(65)19-20-54(7,8)59(9)10/h13,15,17-18,23,29,35-36,38,42-43,47,58H,12,14,16,21-22,24-28,30-34H2,1-11H3,(H,57,66)/t36-,38-,42-,43-,47-,55-/m0/s1. The third-order valence-corrected chi connectivity index (χ3v) is 15.9. The summed E-state index contributed by atoms with van der Waals surface area (Å²) < 4.78 is 20.8. The fraction of sp³-hybridized carbons (Fsp3) is 0.636. The molecule has 1 spiro atoms. The maximum atomic E-state index is 14.9. The Morgan fingerprint density at radius 1 is 1.07 bits per heavy atom. The zero-order valence-corrected chi connectivity index (χ0v) is 44.4. The van der Waals surface area contributed by atoms with Crippen molar-refractivity contribution in [3.8, 4) is 23.1 Å². The van der Waals surface area contributed by atoms with Crippen LogP contribution in [0.2, 0.25) is 0 Å². The van der Waals surface area contributed by atoms with Gasteiger partial charge in [0.25, 0.3) is 11.8 Å². The Morgan fingerprint density at radius 3 is 2.56 bits per heavy atom. The van der Waals surface area contributed by atoms with E-state index in [0.29, 0.717) is 78.0 Å². The summed E-state index contributed by atoms with van der Waals surface area (Å²) in [6.45, 7) is 19.7. The molecule has 0 radical (unpaired) electrons. The number of benzene rings is 1. The number of aromatic nitrogens is 2. The summed E-state index contributed by atoms with van der Waals surface area (Å²) in [6, 6.07) is 7.92. The van der Waals surface area contributed by atoms with Gasteiger partial charge in [-0.05, 0) is 122 Å². The number of nitrogens with one attached hydrogen (secondary N) is 2. The molecule has 0 unspecified atom stereocenters. The number of hydrogen-bond acceptors (Lipinski definition) is 12. The first-order chi connectivity index (χ1) is 34.2. The number of morpholine rings is 1. The Bertz CT molecular complexity index is 2610. The molecule has 7 heterocycles. The van der Waals surface area contributed by atoms with Gasteiger partial charge in [0.2, 0.25) is 11.8 Å². The number of hydrogen-bond donors (Lipinski definition) is 2. The number of amides is 4. The lowest BCUT2D eigenvalue weighted by atomic mass is 9.84. The van der Waals surface area contributed by atoms with Gasteiger partial charge in [0.1, 0.15) is 18.1 Å². The van der Waals surface area contributed by atoms with Gasteiger partial charge in [-0.15, -0.1) is 0 Å². The van der Waals surface area contributed by atoms with Crippen LogP contribution in [0.1, 0.15) is 105 Å². The number of carbonyl (C=O) groups is 5. The van der Waals surface area contributed by atoms with Crippen LogP contribution in [0.15, 0.2) is 36.5 Å². The van der Waals surface area contributed by atoms with Crippen molar-refractivity contribution in [1.29, 1.82) is 0 Å². The highest BCUT2D eigenvalue weighted by Gasteiger charge is 2.54. The Kier molecular flexibility index (Phi) is 15.5. The number of esters is 1. The monoisotopic (exact) mass is 992 g/mol. The van der Waals surface area contributed by atoms with Gasteiger partial charge in [-0.1, -0.05) is 33.6 Å². The molecule has 17 heteroatoms. The lowest BCUT2D eigenvalue weighted by molar-refractivity contribution is -0.156. The molecule has 0 aliphatic carbocycles. The third-order valence-electron chi connectivity index (χ3n) is 15.9. The van der Waals surface area contributed by atoms with E-state index in [1.165, 1.54) is 5.01 Å². The van der Waals surface area contributed by atoms with Crippen molar-refractivity contribution in [2.45, 2.75) is 136 Å². The van der Waals surface area contributed by atoms with Gasteiger partial charge < -0.3 is 38.8 Å². The summed E-state index contributed by atoms with van der Waals surface area (Å²) in [5.41, 5.74) is 7.46. The number of aryl methyl sites for hydroxylation is 1. The molecule has 6 atom stereocenters. The average molecular weight is 992 g/mol. The summed E-state index contributed by atoms with van der Waals surface area (Å²) in [6.07, 6.45) is 3.83. The molecule has 0 saturated carbocycles. The SMILES string of the molecule is CCn1c(-c2cccnc2[C@H](C)OC)c2c3cc(ccc31)N1CCO[C@@H](C[C@H](NC(=O)[C@H](C(C)C)N3CC[C@]4(CCN(C(=O)C#CC(C)(C)N(C)C)C4)C3=O)C(=O)N3CCC[C@H](N3)C(=O)OCC(C)(C)C2)C1. The zero-order chi connectivity index (χ0) is 51.9. The quantitative estimate of drug-likeness (QED) is 0.219. The molecule has 4 amide bonds. The second-order valence-electron chi connectivity index (χ2n) is 22.5. The molecule has 5 aliphatic rings. The second kappa shape index (κ2) is 21.1. The molecule has 4 saturated heterocycles. The first-order valence-corrected chi connectivity index (χ1v) is 26.0. The highest BCUT2D eigenvalue weighted by Crippen LogP contribution is 2.44. The largest absolute Gasteiger partial charge is 0.464 e. The highest BCUT2D eigenvalue weighted by molar-refractivity contribution is 5.98. The van der Waals surface area contributed by atoms with Crippen molar-refractivity contribution in [2.75, 3.05) is 78.6 Å². The van der Waals surface area contributed by atoms with E-state index in [1.807, 2.05) is 59.7 Å². The topological polar surface area (TPSA) is 171 Å². The van der Waals surface area contributed by atoms with Gasteiger partial charge in [0.15, 0.2) is 0 Å². The molecule has 4 fully saturated rings. The third kappa shape index (κ3) is 10.6. The number of rotatable bonds is 9. The van der Waals surface area contributed by atoms with Crippen LogP contribution in [0.25, 0.3) is 22.2 Å².